The first-order chi connectivity index (χ1) is 24.2. The first-order valence-electron chi connectivity index (χ1n) is 15.3. The monoisotopic (exact) mass is 685 g/mol. The molecule has 0 heterocycles. The average Bonchev–Trinajstić information content (AvgIpc) is 3.12. The summed E-state index contributed by atoms with van der Waals surface area (Å²) in [4.78, 5) is 63.2. The van der Waals surface area contributed by atoms with E-state index in [9.17, 15) is 29.3 Å². The maximum Gasteiger partial charge on any atom is 0.276 e. The van der Waals surface area contributed by atoms with Crippen LogP contribution in [0.1, 0.15) is 33.7 Å². The fraction of sp³-hybridized carbons (Fsp3) is 0.0526. The van der Waals surface area contributed by atoms with Crippen LogP contribution in [0.15, 0.2) is 144 Å². The molecule has 12 heteroatoms. The van der Waals surface area contributed by atoms with Gasteiger partial charge in [-0.05, 0) is 78.4 Å². The van der Waals surface area contributed by atoms with E-state index in [4.69, 9.17) is 0 Å². The Labute approximate surface area is 292 Å². The lowest BCUT2D eigenvalue weighted by molar-refractivity contribution is -0.385. The first kappa shape index (κ1) is 34.8. The predicted octanol–water partition coefficient (Wildman–Crippen LogP) is 7.43. The van der Waals surface area contributed by atoms with Gasteiger partial charge in [-0.3, -0.25) is 29.3 Å². The number of carbonyl (C=O) groups is 4. The number of hydrogen-bond acceptors (Lipinski definition) is 7. The molecule has 0 aliphatic heterocycles. The number of benzene rings is 5. The van der Waals surface area contributed by atoms with Gasteiger partial charge in [-0.25, -0.2) is 0 Å². The zero-order chi connectivity index (χ0) is 35.5. The average molecular weight is 686 g/mol. The Morgan fingerprint density at radius 3 is 1.84 bits per heavy atom. The first-order valence-corrected chi connectivity index (χ1v) is 16.2. The molecule has 1 atom stereocenters. The molecule has 4 N–H and O–H groups in total. The summed E-state index contributed by atoms with van der Waals surface area (Å²) in [5.41, 5.74) is 2.35. The van der Waals surface area contributed by atoms with Crippen LogP contribution >= 0.6 is 11.8 Å². The molecule has 11 nitrogen and oxygen atoms in total. The predicted molar refractivity (Wildman–Crippen MR) is 194 cm³/mol. The van der Waals surface area contributed by atoms with Crippen LogP contribution in [0.2, 0.25) is 0 Å². The van der Waals surface area contributed by atoms with Gasteiger partial charge in [0.05, 0.1) is 10.5 Å². The van der Waals surface area contributed by atoms with E-state index in [1.165, 1.54) is 43.0 Å². The number of nitro benzene ring substituents is 1. The Morgan fingerprint density at radius 2 is 1.22 bits per heavy atom. The summed E-state index contributed by atoms with van der Waals surface area (Å²) in [6, 6.07) is 37.1. The second-order valence-electron chi connectivity index (χ2n) is 10.8. The molecule has 0 radical (unpaired) electrons. The highest BCUT2D eigenvalue weighted by Gasteiger charge is 2.23. The third kappa shape index (κ3) is 9.52. The van der Waals surface area contributed by atoms with Crippen LogP contribution in [0.25, 0.3) is 6.08 Å². The normalized spacial score (nSPS) is 11.5. The highest BCUT2D eigenvalue weighted by Crippen LogP contribution is 2.37. The summed E-state index contributed by atoms with van der Waals surface area (Å²) in [6.07, 6.45) is 1.26. The van der Waals surface area contributed by atoms with Crippen molar-refractivity contribution < 1.29 is 24.1 Å². The van der Waals surface area contributed by atoms with Crippen molar-refractivity contribution >= 4 is 64.2 Å². The van der Waals surface area contributed by atoms with E-state index in [0.717, 1.165) is 10.5 Å². The molecule has 0 aliphatic rings. The van der Waals surface area contributed by atoms with Gasteiger partial charge < -0.3 is 21.3 Å². The van der Waals surface area contributed by atoms with Crippen LogP contribution in [-0.4, -0.2) is 28.6 Å². The summed E-state index contributed by atoms with van der Waals surface area (Å²) >= 11 is 1.31. The molecule has 5 rings (SSSR count). The summed E-state index contributed by atoms with van der Waals surface area (Å²) < 4.78 is 0. The largest absolute Gasteiger partial charge is 0.326 e. The molecule has 1 unspecified atom stereocenters. The van der Waals surface area contributed by atoms with Crippen LogP contribution in [0, 0.1) is 10.1 Å². The number of hydrogen-bond donors (Lipinski definition) is 4. The van der Waals surface area contributed by atoms with Gasteiger partial charge in [0.15, 0.2) is 0 Å². The maximum atomic E-state index is 13.5. The fourth-order valence-corrected chi connectivity index (χ4v) is 5.80. The van der Waals surface area contributed by atoms with Crippen LogP contribution in [0.5, 0.6) is 0 Å². The van der Waals surface area contributed by atoms with Crippen molar-refractivity contribution in [3.05, 3.63) is 166 Å². The van der Waals surface area contributed by atoms with Crippen molar-refractivity contribution in [1.82, 2.24) is 5.32 Å². The van der Waals surface area contributed by atoms with Gasteiger partial charge in [-0.2, -0.15) is 0 Å². The van der Waals surface area contributed by atoms with Crippen molar-refractivity contribution in [2.24, 2.45) is 0 Å². The minimum absolute atomic E-state index is 0.136. The molecular weight excluding hydrogens is 655 g/mol. The van der Waals surface area contributed by atoms with Crippen molar-refractivity contribution in [3.8, 4) is 0 Å². The number of amides is 4. The van der Waals surface area contributed by atoms with Crippen molar-refractivity contribution in [2.75, 3.05) is 16.0 Å². The smallest absolute Gasteiger partial charge is 0.276 e. The zero-order valence-corrected chi connectivity index (χ0v) is 27.5. The van der Waals surface area contributed by atoms with Crippen LogP contribution < -0.4 is 21.3 Å². The summed E-state index contributed by atoms with van der Waals surface area (Å²) in [6.45, 7) is 1.42. The van der Waals surface area contributed by atoms with Gasteiger partial charge in [-0.1, -0.05) is 60.7 Å². The van der Waals surface area contributed by atoms with Gasteiger partial charge in [0.1, 0.15) is 10.9 Å². The quantitative estimate of drug-likeness (QED) is 0.0460. The lowest BCUT2D eigenvalue weighted by Crippen LogP contribution is -2.30. The van der Waals surface area contributed by atoms with E-state index in [2.05, 4.69) is 21.3 Å². The standard InChI is InChI=1S/C38H31N5O6S/c1-25(44)39-29-16-18-30(19-17-29)41-38(47)35(26-10-4-2-5-11-26)50-32-22-20-31(21-23-32)40-37(46)33(42-36(45)27-12-6-3-7-13-27)24-28-14-8-9-15-34(28)43(48)49/h2-24,35H,1H3,(H,39,44)(H,40,46)(H,41,47)(H,42,45)/b33-24-. The van der Waals surface area contributed by atoms with E-state index < -0.39 is 22.0 Å². The number of rotatable bonds is 12. The van der Waals surface area contributed by atoms with Crippen molar-refractivity contribution in [2.45, 2.75) is 17.1 Å². The second kappa shape index (κ2) is 16.5. The fourth-order valence-electron chi connectivity index (χ4n) is 4.77. The SMILES string of the molecule is CC(=O)Nc1ccc(NC(=O)C(Sc2ccc(NC(=O)/C(=C/c3ccccc3[N+](=O)[O-])NC(=O)c3ccccc3)cc2)c2ccccc2)cc1. The van der Waals surface area contributed by atoms with E-state index >= 15 is 0 Å². The zero-order valence-electron chi connectivity index (χ0n) is 26.7. The molecule has 50 heavy (non-hydrogen) atoms. The topological polar surface area (TPSA) is 160 Å². The van der Waals surface area contributed by atoms with Crippen LogP contribution in [0.4, 0.5) is 22.7 Å². The third-order valence-corrected chi connectivity index (χ3v) is 8.41. The van der Waals surface area contributed by atoms with Crippen molar-refractivity contribution in [3.63, 3.8) is 0 Å². The Kier molecular flexibility index (Phi) is 11.5. The van der Waals surface area contributed by atoms with E-state index in [1.54, 1.807) is 84.9 Å². The molecule has 0 aliphatic carbocycles. The molecule has 5 aromatic rings. The molecule has 0 fully saturated rings. The van der Waals surface area contributed by atoms with E-state index in [0.29, 0.717) is 22.6 Å². The highest BCUT2D eigenvalue weighted by molar-refractivity contribution is 8.00. The molecule has 0 saturated carbocycles. The Morgan fingerprint density at radius 1 is 0.680 bits per heavy atom. The lowest BCUT2D eigenvalue weighted by Gasteiger charge is -2.18. The summed E-state index contributed by atoms with van der Waals surface area (Å²) in [7, 11) is 0. The third-order valence-electron chi connectivity index (χ3n) is 7.14. The van der Waals surface area contributed by atoms with E-state index in [1.807, 2.05) is 30.3 Å². The van der Waals surface area contributed by atoms with Crippen LogP contribution in [0.3, 0.4) is 0 Å². The van der Waals surface area contributed by atoms with Gasteiger partial charge in [0.25, 0.3) is 17.5 Å². The van der Waals surface area contributed by atoms with Gasteiger partial charge >= 0.3 is 0 Å². The minimum Gasteiger partial charge on any atom is -0.326 e. The van der Waals surface area contributed by atoms with Gasteiger partial charge in [0.2, 0.25) is 11.8 Å². The Hall–Kier alpha value is -6.53. The van der Waals surface area contributed by atoms with Crippen molar-refractivity contribution in [1.29, 1.82) is 0 Å². The number of nitrogens with one attached hydrogen (secondary N) is 4. The molecule has 250 valence electrons. The maximum absolute atomic E-state index is 13.5. The highest BCUT2D eigenvalue weighted by atomic mass is 32.2. The Balaban J connectivity index is 1.33. The number of carbonyl (C=O) groups excluding carboxylic acids is 4. The van der Waals surface area contributed by atoms with Crippen LogP contribution in [-0.2, 0) is 14.4 Å². The number of thioether (sulfide) groups is 1. The molecule has 0 saturated heterocycles. The summed E-state index contributed by atoms with van der Waals surface area (Å²) in [5.74, 6) is -1.71. The molecule has 4 amide bonds. The number of anilines is 3. The molecule has 0 spiro atoms. The van der Waals surface area contributed by atoms with E-state index in [-0.39, 0.29) is 28.8 Å². The Bertz CT molecular complexity index is 2040. The number of para-hydroxylation sites is 1. The minimum atomic E-state index is -0.695. The molecule has 5 aromatic carbocycles. The molecular formula is C38H31N5O6S. The summed E-state index contributed by atoms with van der Waals surface area (Å²) in [5, 5.41) is 22.0. The lowest BCUT2D eigenvalue weighted by atomic mass is 10.1. The number of nitrogens with zero attached hydrogens (tertiary/aromatic N) is 1. The van der Waals surface area contributed by atoms with Gasteiger partial charge in [0, 0.05) is 40.5 Å². The second-order valence-corrected chi connectivity index (χ2v) is 12.0. The number of nitro groups is 1. The molecule has 0 bridgehead atoms. The molecule has 0 aromatic heterocycles. The van der Waals surface area contributed by atoms with Gasteiger partial charge in [-0.15, -0.1) is 11.8 Å².